The Bertz CT molecular complexity index is 731. The van der Waals surface area contributed by atoms with Crippen molar-refractivity contribution in [2.24, 2.45) is 0 Å². The molecule has 96 valence electrons. The van der Waals surface area contributed by atoms with E-state index in [4.69, 9.17) is 5.73 Å². The van der Waals surface area contributed by atoms with Gasteiger partial charge < -0.3 is 5.73 Å². The van der Waals surface area contributed by atoms with E-state index in [0.717, 1.165) is 11.6 Å². The van der Waals surface area contributed by atoms with Crippen LogP contribution in [-0.4, -0.2) is 15.2 Å². The molecular formula is C13H10F2N4. The van der Waals surface area contributed by atoms with Gasteiger partial charge in [-0.3, -0.25) is 5.10 Å². The maximum atomic E-state index is 13.1. The lowest BCUT2D eigenvalue weighted by atomic mass is 10.1. The van der Waals surface area contributed by atoms with Gasteiger partial charge in [0.15, 0.2) is 5.82 Å². The van der Waals surface area contributed by atoms with Gasteiger partial charge in [0.05, 0.1) is 5.52 Å². The number of benzene rings is 1. The molecule has 1 aromatic carbocycles. The number of nitrogen functional groups attached to an aromatic ring is 1. The minimum atomic E-state index is -0.598. The fraction of sp³-hybridized carbons (Fsp3) is 0.0769. The van der Waals surface area contributed by atoms with Crippen molar-refractivity contribution in [3.63, 3.8) is 0 Å². The fourth-order valence-corrected chi connectivity index (χ4v) is 1.98. The number of hydrogen-bond donors (Lipinski definition) is 2. The Labute approximate surface area is 107 Å². The van der Waals surface area contributed by atoms with Crippen molar-refractivity contribution in [2.45, 2.75) is 6.42 Å². The molecule has 3 N–H and O–H groups in total. The summed E-state index contributed by atoms with van der Waals surface area (Å²) in [6.45, 7) is 0. The normalized spacial score (nSPS) is 11.1. The van der Waals surface area contributed by atoms with Gasteiger partial charge in [-0.1, -0.05) is 0 Å². The summed E-state index contributed by atoms with van der Waals surface area (Å²) in [7, 11) is 0. The van der Waals surface area contributed by atoms with Crippen molar-refractivity contribution in [1.29, 1.82) is 0 Å². The van der Waals surface area contributed by atoms with E-state index < -0.39 is 11.6 Å². The zero-order valence-electron chi connectivity index (χ0n) is 9.82. The standard InChI is InChI=1S/C13H10F2N4/c14-8-3-7(4-9(15)6-8)5-10-1-2-11-12(17-10)13(16)19-18-11/h1-4,6H,5H2,(H3,16,18,19). The minimum absolute atomic E-state index is 0.308. The predicted molar refractivity (Wildman–Crippen MR) is 67.5 cm³/mol. The predicted octanol–water partition coefficient (Wildman–Crippen LogP) is 2.41. The zero-order valence-corrected chi connectivity index (χ0v) is 9.82. The summed E-state index contributed by atoms with van der Waals surface area (Å²) in [5.41, 5.74) is 8.15. The molecule has 0 aliphatic heterocycles. The number of aromatic nitrogens is 3. The molecule has 0 amide bonds. The van der Waals surface area contributed by atoms with Crippen molar-refractivity contribution in [2.75, 3.05) is 5.73 Å². The molecule has 4 nitrogen and oxygen atoms in total. The summed E-state index contributed by atoms with van der Waals surface area (Å²) in [5.74, 6) is -0.889. The summed E-state index contributed by atoms with van der Waals surface area (Å²) in [6.07, 6.45) is 0.329. The molecule has 0 spiro atoms. The van der Waals surface area contributed by atoms with Crippen LogP contribution < -0.4 is 5.73 Å². The number of nitrogens with one attached hydrogen (secondary N) is 1. The number of aromatic amines is 1. The first-order valence-electron chi connectivity index (χ1n) is 5.66. The molecular weight excluding hydrogens is 250 g/mol. The third-order valence-corrected chi connectivity index (χ3v) is 2.80. The van der Waals surface area contributed by atoms with Crippen LogP contribution in [0.15, 0.2) is 30.3 Å². The van der Waals surface area contributed by atoms with Crippen LogP contribution in [0.5, 0.6) is 0 Å². The number of nitrogens with two attached hydrogens (primary N) is 1. The molecule has 3 rings (SSSR count). The van der Waals surface area contributed by atoms with Gasteiger partial charge in [0.25, 0.3) is 0 Å². The van der Waals surface area contributed by atoms with Crippen LogP contribution in [0.2, 0.25) is 0 Å². The smallest absolute Gasteiger partial charge is 0.171 e. The molecule has 6 heteroatoms. The molecule has 0 aliphatic carbocycles. The lowest BCUT2D eigenvalue weighted by Crippen LogP contribution is -1.95. The highest BCUT2D eigenvalue weighted by Gasteiger charge is 2.07. The topological polar surface area (TPSA) is 67.6 Å². The lowest BCUT2D eigenvalue weighted by molar-refractivity contribution is 0.580. The van der Waals surface area contributed by atoms with E-state index in [1.807, 2.05) is 0 Å². The maximum Gasteiger partial charge on any atom is 0.171 e. The van der Waals surface area contributed by atoms with Crippen molar-refractivity contribution in [3.05, 3.63) is 53.2 Å². The van der Waals surface area contributed by atoms with E-state index >= 15 is 0 Å². The van der Waals surface area contributed by atoms with Crippen LogP contribution in [-0.2, 0) is 6.42 Å². The molecule has 2 aromatic heterocycles. The van der Waals surface area contributed by atoms with Crippen molar-refractivity contribution in [3.8, 4) is 0 Å². The Morgan fingerprint density at radius 3 is 2.58 bits per heavy atom. The summed E-state index contributed by atoms with van der Waals surface area (Å²) in [5, 5.41) is 6.58. The van der Waals surface area contributed by atoms with Crippen LogP contribution in [0.1, 0.15) is 11.3 Å². The molecule has 0 radical (unpaired) electrons. The van der Waals surface area contributed by atoms with Crippen molar-refractivity contribution < 1.29 is 8.78 Å². The summed E-state index contributed by atoms with van der Waals surface area (Å²) >= 11 is 0. The number of rotatable bonds is 2. The Balaban J connectivity index is 1.98. The summed E-state index contributed by atoms with van der Waals surface area (Å²) < 4.78 is 26.2. The highest BCUT2D eigenvalue weighted by molar-refractivity contribution is 5.84. The second kappa shape index (κ2) is 4.31. The van der Waals surface area contributed by atoms with E-state index in [2.05, 4.69) is 15.2 Å². The summed E-state index contributed by atoms with van der Waals surface area (Å²) in [6, 6.07) is 6.97. The average Bonchev–Trinajstić information content (AvgIpc) is 2.70. The zero-order chi connectivity index (χ0) is 13.4. The van der Waals surface area contributed by atoms with Gasteiger partial charge in [-0.15, -0.1) is 0 Å². The van der Waals surface area contributed by atoms with E-state index in [1.165, 1.54) is 12.1 Å². The third kappa shape index (κ3) is 2.24. The molecule has 0 aliphatic rings. The molecule has 0 fully saturated rings. The first kappa shape index (κ1) is 11.6. The van der Waals surface area contributed by atoms with Crippen LogP contribution in [0.4, 0.5) is 14.6 Å². The number of fused-ring (bicyclic) bond motifs is 1. The van der Waals surface area contributed by atoms with Gasteiger partial charge in [0.2, 0.25) is 0 Å². The Morgan fingerprint density at radius 1 is 1.11 bits per heavy atom. The van der Waals surface area contributed by atoms with Crippen LogP contribution in [0.25, 0.3) is 11.0 Å². The molecule has 0 bridgehead atoms. The lowest BCUT2D eigenvalue weighted by Gasteiger charge is -2.02. The molecule has 2 heterocycles. The number of nitrogens with zero attached hydrogens (tertiary/aromatic N) is 2. The molecule has 0 unspecified atom stereocenters. The van der Waals surface area contributed by atoms with Gasteiger partial charge in [-0.25, -0.2) is 13.8 Å². The molecule has 3 aromatic rings. The summed E-state index contributed by atoms with van der Waals surface area (Å²) in [4.78, 5) is 4.33. The number of H-pyrrole nitrogens is 1. The second-order valence-corrected chi connectivity index (χ2v) is 4.26. The minimum Gasteiger partial charge on any atom is -0.380 e. The average molecular weight is 260 g/mol. The SMILES string of the molecule is Nc1n[nH]c2ccc(Cc3cc(F)cc(F)c3)nc12. The van der Waals surface area contributed by atoms with Gasteiger partial charge in [-0.2, -0.15) is 5.10 Å². The fourth-order valence-electron chi connectivity index (χ4n) is 1.98. The molecule has 0 atom stereocenters. The van der Waals surface area contributed by atoms with E-state index in [9.17, 15) is 8.78 Å². The van der Waals surface area contributed by atoms with Crippen molar-refractivity contribution in [1.82, 2.24) is 15.2 Å². The molecule has 19 heavy (non-hydrogen) atoms. The van der Waals surface area contributed by atoms with E-state index in [0.29, 0.717) is 29.0 Å². The Hall–Kier alpha value is -2.50. The van der Waals surface area contributed by atoms with Crippen LogP contribution in [0.3, 0.4) is 0 Å². The Kier molecular flexibility index (Phi) is 2.63. The van der Waals surface area contributed by atoms with Gasteiger partial charge in [0.1, 0.15) is 17.2 Å². The third-order valence-electron chi connectivity index (χ3n) is 2.80. The van der Waals surface area contributed by atoms with Gasteiger partial charge in [-0.05, 0) is 29.8 Å². The number of anilines is 1. The Morgan fingerprint density at radius 2 is 1.84 bits per heavy atom. The number of pyridine rings is 1. The first-order valence-corrected chi connectivity index (χ1v) is 5.66. The number of hydrogen-bond acceptors (Lipinski definition) is 3. The first-order chi connectivity index (χ1) is 9.11. The van der Waals surface area contributed by atoms with Crippen molar-refractivity contribution >= 4 is 16.9 Å². The van der Waals surface area contributed by atoms with E-state index in [1.54, 1.807) is 12.1 Å². The molecule has 0 saturated carbocycles. The second-order valence-electron chi connectivity index (χ2n) is 4.26. The highest BCUT2D eigenvalue weighted by Crippen LogP contribution is 2.18. The van der Waals surface area contributed by atoms with E-state index in [-0.39, 0.29) is 0 Å². The van der Waals surface area contributed by atoms with Crippen LogP contribution >= 0.6 is 0 Å². The molecule has 0 saturated heterocycles. The van der Waals surface area contributed by atoms with Crippen LogP contribution in [0, 0.1) is 11.6 Å². The monoisotopic (exact) mass is 260 g/mol. The van der Waals surface area contributed by atoms with Gasteiger partial charge >= 0.3 is 0 Å². The maximum absolute atomic E-state index is 13.1. The highest BCUT2D eigenvalue weighted by atomic mass is 19.1. The van der Waals surface area contributed by atoms with Gasteiger partial charge in [0, 0.05) is 18.2 Å². The quantitative estimate of drug-likeness (QED) is 0.743. The largest absolute Gasteiger partial charge is 0.380 e. The number of halogens is 2.